The van der Waals surface area contributed by atoms with Crippen molar-refractivity contribution in [3.8, 4) is 11.5 Å². The van der Waals surface area contributed by atoms with Gasteiger partial charge in [0.25, 0.3) is 0 Å². The number of hydrogen-bond donors (Lipinski definition) is 1. The zero-order chi connectivity index (χ0) is 15.1. The molecule has 5 heteroatoms. The van der Waals surface area contributed by atoms with Crippen molar-refractivity contribution in [1.82, 2.24) is 15.3 Å². The van der Waals surface area contributed by atoms with Crippen LogP contribution >= 0.6 is 0 Å². The molecular formula is C16H21N3O2. The highest BCUT2D eigenvalue weighted by molar-refractivity contribution is 5.45. The summed E-state index contributed by atoms with van der Waals surface area (Å²) in [5.74, 6) is 1.44. The zero-order valence-electron chi connectivity index (χ0n) is 12.7. The van der Waals surface area contributed by atoms with Gasteiger partial charge in [0.15, 0.2) is 11.5 Å². The molecule has 0 aliphatic carbocycles. The van der Waals surface area contributed by atoms with Crippen LogP contribution in [-0.2, 0) is 0 Å². The van der Waals surface area contributed by atoms with E-state index < -0.39 is 0 Å². The Morgan fingerprint density at radius 1 is 1.05 bits per heavy atom. The van der Waals surface area contributed by atoms with Crippen molar-refractivity contribution in [1.29, 1.82) is 0 Å². The van der Waals surface area contributed by atoms with Gasteiger partial charge in [-0.15, -0.1) is 0 Å². The van der Waals surface area contributed by atoms with E-state index in [2.05, 4.69) is 22.2 Å². The number of hydrogen-bond acceptors (Lipinski definition) is 5. The first kappa shape index (κ1) is 15.3. The third-order valence-corrected chi connectivity index (χ3v) is 3.25. The number of rotatable bonds is 7. The Balaban J connectivity index is 2.36. The third kappa shape index (κ3) is 3.70. The molecule has 1 atom stereocenters. The van der Waals surface area contributed by atoms with Crippen LogP contribution in [0.1, 0.15) is 30.5 Å². The van der Waals surface area contributed by atoms with Gasteiger partial charge in [0.1, 0.15) is 6.33 Å². The van der Waals surface area contributed by atoms with Crippen LogP contribution in [0.2, 0.25) is 0 Å². The van der Waals surface area contributed by atoms with Crippen LogP contribution in [-0.4, -0.2) is 30.7 Å². The molecule has 1 unspecified atom stereocenters. The van der Waals surface area contributed by atoms with Crippen molar-refractivity contribution >= 4 is 0 Å². The molecule has 2 rings (SSSR count). The maximum absolute atomic E-state index is 5.38. The summed E-state index contributed by atoms with van der Waals surface area (Å²) < 4.78 is 10.7. The summed E-state index contributed by atoms with van der Waals surface area (Å²) in [6, 6.07) is 5.96. The van der Waals surface area contributed by atoms with Gasteiger partial charge in [0.2, 0.25) is 0 Å². The van der Waals surface area contributed by atoms with Crippen LogP contribution in [0.4, 0.5) is 0 Å². The smallest absolute Gasteiger partial charge is 0.161 e. The highest BCUT2D eigenvalue weighted by atomic mass is 16.5. The Hall–Kier alpha value is -2.14. The molecule has 1 aromatic heterocycles. The van der Waals surface area contributed by atoms with Gasteiger partial charge in [-0.2, -0.15) is 0 Å². The average molecular weight is 287 g/mol. The number of methoxy groups -OCH3 is 2. The van der Waals surface area contributed by atoms with Crippen LogP contribution < -0.4 is 14.8 Å². The molecule has 0 aliphatic heterocycles. The first-order valence-corrected chi connectivity index (χ1v) is 7.00. The van der Waals surface area contributed by atoms with Crippen LogP contribution in [0.15, 0.2) is 36.9 Å². The lowest BCUT2D eigenvalue weighted by Gasteiger charge is -2.20. The first-order chi connectivity index (χ1) is 10.3. The molecule has 0 spiro atoms. The number of benzene rings is 1. The predicted octanol–water partition coefficient (Wildman–Crippen LogP) is 2.58. The van der Waals surface area contributed by atoms with E-state index in [1.54, 1.807) is 14.2 Å². The largest absolute Gasteiger partial charge is 0.493 e. The van der Waals surface area contributed by atoms with Crippen molar-refractivity contribution in [2.75, 3.05) is 20.8 Å². The molecular weight excluding hydrogens is 266 g/mol. The number of aromatic nitrogens is 2. The molecule has 112 valence electrons. The minimum Gasteiger partial charge on any atom is -0.493 e. The molecule has 2 aromatic rings. The zero-order valence-corrected chi connectivity index (χ0v) is 12.7. The van der Waals surface area contributed by atoms with Crippen molar-refractivity contribution in [2.45, 2.75) is 19.4 Å². The summed E-state index contributed by atoms with van der Waals surface area (Å²) in [7, 11) is 3.27. The highest BCUT2D eigenvalue weighted by Gasteiger charge is 2.16. The second-order valence-electron chi connectivity index (χ2n) is 4.67. The maximum atomic E-state index is 5.38. The Bertz CT molecular complexity index is 561. The Kier molecular flexibility index (Phi) is 5.51. The van der Waals surface area contributed by atoms with E-state index in [0.717, 1.165) is 35.6 Å². The quantitative estimate of drug-likeness (QED) is 0.848. The van der Waals surface area contributed by atoms with E-state index in [4.69, 9.17) is 9.47 Å². The third-order valence-electron chi connectivity index (χ3n) is 3.25. The van der Waals surface area contributed by atoms with Crippen molar-refractivity contribution in [3.63, 3.8) is 0 Å². The molecule has 5 nitrogen and oxygen atoms in total. The topological polar surface area (TPSA) is 56.3 Å². The molecule has 0 bridgehead atoms. The van der Waals surface area contributed by atoms with Gasteiger partial charge in [-0.05, 0) is 30.7 Å². The minimum absolute atomic E-state index is 0.0333. The molecule has 1 N–H and O–H groups in total. The lowest BCUT2D eigenvalue weighted by Crippen LogP contribution is -2.23. The summed E-state index contributed by atoms with van der Waals surface area (Å²) in [4.78, 5) is 8.22. The van der Waals surface area contributed by atoms with Crippen LogP contribution in [0.25, 0.3) is 0 Å². The fraction of sp³-hybridized carbons (Fsp3) is 0.375. The summed E-state index contributed by atoms with van der Waals surface area (Å²) in [5.41, 5.74) is 2.12. The van der Waals surface area contributed by atoms with Gasteiger partial charge in [-0.1, -0.05) is 13.0 Å². The molecule has 0 saturated carbocycles. The monoisotopic (exact) mass is 287 g/mol. The SMILES string of the molecule is CCCNC(c1cncnc1)c1ccc(OC)c(OC)c1. The van der Waals surface area contributed by atoms with E-state index in [-0.39, 0.29) is 6.04 Å². The van der Waals surface area contributed by atoms with Crippen molar-refractivity contribution in [3.05, 3.63) is 48.0 Å². The summed E-state index contributed by atoms with van der Waals surface area (Å²) >= 11 is 0. The van der Waals surface area contributed by atoms with Gasteiger partial charge in [0.05, 0.1) is 20.3 Å². The fourth-order valence-corrected chi connectivity index (χ4v) is 2.21. The van der Waals surface area contributed by atoms with E-state index in [1.807, 2.05) is 30.6 Å². The molecule has 0 aliphatic rings. The lowest BCUT2D eigenvalue weighted by atomic mass is 10.0. The summed E-state index contributed by atoms with van der Waals surface area (Å²) in [6.45, 7) is 3.05. The van der Waals surface area contributed by atoms with E-state index in [0.29, 0.717) is 0 Å². The first-order valence-electron chi connectivity index (χ1n) is 7.00. The second-order valence-corrected chi connectivity index (χ2v) is 4.67. The van der Waals surface area contributed by atoms with E-state index in [9.17, 15) is 0 Å². The summed E-state index contributed by atoms with van der Waals surface area (Å²) in [6.07, 6.45) is 6.25. The van der Waals surface area contributed by atoms with Crippen molar-refractivity contribution < 1.29 is 9.47 Å². The van der Waals surface area contributed by atoms with Gasteiger partial charge in [-0.25, -0.2) is 9.97 Å². The molecule has 0 fully saturated rings. The average Bonchev–Trinajstić information content (AvgIpc) is 2.56. The van der Waals surface area contributed by atoms with Crippen LogP contribution in [0.5, 0.6) is 11.5 Å². The summed E-state index contributed by atoms with van der Waals surface area (Å²) in [5, 5.41) is 3.51. The number of nitrogens with one attached hydrogen (secondary N) is 1. The Morgan fingerprint density at radius 3 is 2.38 bits per heavy atom. The fourth-order valence-electron chi connectivity index (χ4n) is 2.21. The molecule has 0 saturated heterocycles. The lowest BCUT2D eigenvalue weighted by molar-refractivity contribution is 0.354. The van der Waals surface area contributed by atoms with E-state index >= 15 is 0 Å². The number of ether oxygens (including phenoxy) is 2. The van der Waals surface area contributed by atoms with Crippen molar-refractivity contribution in [2.24, 2.45) is 0 Å². The Labute approximate surface area is 125 Å². The van der Waals surface area contributed by atoms with Gasteiger partial charge >= 0.3 is 0 Å². The standard InChI is InChI=1S/C16H21N3O2/c1-4-7-19-16(13-9-17-11-18-10-13)12-5-6-14(20-2)15(8-12)21-3/h5-6,8-11,16,19H,4,7H2,1-3H3. The molecule has 0 radical (unpaired) electrons. The minimum atomic E-state index is 0.0333. The van der Waals surface area contributed by atoms with Gasteiger partial charge in [0, 0.05) is 18.0 Å². The molecule has 1 heterocycles. The highest BCUT2D eigenvalue weighted by Crippen LogP contribution is 2.31. The van der Waals surface area contributed by atoms with Gasteiger partial charge < -0.3 is 14.8 Å². The predicted molar refractivity (Wildman–Crippen MR) is 81.7 cm³/mol. The van der Waals surface area contributed by atoms with Crippen LogP contribution in [0, 0.1) is 0 Å². The Morgan fingerprint density at radius 2 is 1.76 bits per heavy atom. The molecule has 0 amide bonds. The second kappa shape index (κ2) is 7.59. The maximum Gasteiger partial charge on any atom is 0.161 e. The normalized spacial score (nSPS) is 12.0. The van der Waals surface area contributed by atoms with Gasteiger partial charge in [-0.3, -0.25) is 0 Å². The van der Waals surface area contributed by atoms with Crippen LogP contribution in [0.3, 0.4) is 0 Å². The number of nitrogens with zero attached hydrogens (tertiary/aromatic N) is 2. The molecule has 21 heavy (non-hydrogen) atoms. The van der Waals surface area contributed by atoms with E-state index in [1.165, 1.54) is 6.33 Å². The molecule has 1 aromatic carbocycles.